The second kappa shape index (κ2) is 8.44. The highest BCUT2D eigenvalue weighted by Gasteiger charge is 2.16. The van der Waals surface area contributed by atoms with Crippen molar-refractivity contribution in [3.8, 4) is 5.69 Å². The molecule has 0 unspecified atom stereocenters. The average Bonchev–Trinajstić information content (AvgIpc) is 3.21. The monoisotopic (exact) mass is 401 g/mol. The molecule has 1 fully saturated rings. The quantitative estimate of drug-likeness (QED) is 0.590. The van der Waals surface area contributed by atoms with Crippen LogP contribution in [0.1, 0.15) is 12.8 Å². The number of rotatable bonds is 6. The molecule has 128 valence electrons. The minimum absolute atomic E-state index is 0.0188. The minimum atomic E-state index is -0.0188. The van der Waals surface area contributed by atoms with Crippen LogP contribution >= 0.6 is 46.9 Å². The number of hydrogen-bond donors (Lipinski definition) is 1. The van der Waals surface area contributed by atoms with Crippen molar-refractivity contribution in [2.45, 2.75) is 23.3 Å². The first-order valence-corrected chi connectivity index (χ1v) is 10.1. The van der Waals surface area contributed by atoms with Crippen molar-refractivity contribution in [3.63, 3.8) is 0 Å². The largest absolute Gasteiger partial charge is 0.376 e. The van der Waals surface area contributed by atoms with E-state index in [0.29, 0.717) is 21.3 Å². The van der Waals surface area contributed by atoms with Crippen LogP contribution in [-0.4, -0.2) is 40.7 Å². The molecule has 2 aromatic rings. The maximum Gasteiger partial charge on any atom is 0.230 e. The van der Waals surface area contributed by atoms with E-state index in [2.05, 4.69) is 10.4 Å². The van der Waals surface area contributed by atoms with Crippen LogP contribution in [0.3, 0.4) is 0 Å². The molecule has 24 heavy (non-hydrogen) atoms. The molecule has 0 bridgehead atoms. The number of carbonyl (C=O) groups excluding carboxylic acids is 1. The SMILES string of the molecule is O=C(CSc1nn(-c2ccc(Cl)cc2)c(=S)s1)NC[C@H]1CCCO1. The molecule has 1 saturated heterocycles. The van der Waals surface area contributed by atoms with E-state index in [1.54, 1.807) is 16.8 Å². The molecule has 5 nitrogen and oxygen atoms in total. The van der Waals surface area contributed by atoms with Crippen LogP contribution in [-0.2, 0) is 9.53 Å². The van der Waals surface area contributed by atoms with Crippen LogP contribution in [0, 0.1) is 3.95 Å². The third kappa shape index (κ3) is 4.80. The number of ether oxygens (including phenoxy) is 1. The van der Waals surface area contributed by atoms with Crippen molar-refractivity contribution >= 4 is 52.8 Å². The van der Waals surface area contributed by atoms with E-state index in [1.165, 1.54) is 23.1 Å². The van der Waals surface area contributed by atoms with Crippen LogP contribution in [0.25, 0.3) is 5.69 Å². The summed E-state index contributed by atoms with van der Waals surface area (Å²) < 4.78 is 8.57. The molecule has 1 aliphatic heterocycles. The molecule has 1 amide bonds. The Hall–Kier alpha value is -0.930. The molecule has 0 spiro atoms. The summed E-state index contributed by atoms with van der Waals surface area (Å²) in [5.41, 5.74) is 0.857. The van der Waals surface area contributed by atoms with Gasteiger partial charge < -0.3 is 10.1 Å². The Bertz CT molecular complexity index is 754. The summed E-state index contributed by atoms with van der Waals surface area (Å²) in [6.07, 6.45) is 2.24. The second-order valence-corrected chi connectivity index (χ2v) is 8.53. The Morgan fingerprint density at radius 1 is 1.50 bits per heavy atom. The van der Waals surface area contributed by atoms with Crippen molar-refractivity contribution in [3.05, 3.63) is 33.2 Å². The molecule has 9 heteroatoms. The lowest BCUT2D eigenvalue weighted by Crippen LogP contribution is -2.32. The molecular weight excluding hydrogens is 386 g/mol. The fraction of sp³-hybridized carbons (Fsp3) is 0.400. The van der Waals surface area contributed by atoms with Gasteiger partial charge in [0.1, 0.15) is 0 Å². The minimum Gasteiger partial charge on any atom is -0.376 e. The first-order valence-electron chi connectivity index (χ1n) is 7.49. The highest BCUT2D eigenvalue weighted by Crippen LogP contribution is 2.24. The van der Waals surface area contributed by atoms with Gasteiger partial charge in [-0.1, -0.05) is 34.7 Å². The van der Waals surface area contributed by atoms with E-state index in [0.717, 1.165) is 29.5 Å². The lowest BCUT2D eigenvalue weighted by atomic mass is 10.2. The number of aromatic nitrogens is 2. The van der Waals surface area contributed by atoms with Crippen molar-refractivity contribution in [2.75, 3.05) is 18.9 Å². The van der Waals surface area contributed by atoms with Gasteiger partial charge in [0.15, 0.2) is 8.29 Å². The van der Waals surface area contributed by atoms with Crippen LogP contribution in [0.15, 0.2) is 28.6 Å². The zero-order chi connectivity index (χ0) is 16.9. The smallest absolute Gasteiger partial charge is 0.230 e. The molecule has 1 aromatic heterocycles. The van der Waals surface area contributed by atoms with Gasteiger partial charge >= 0.3 is 0 Å². The first kappa shape index (κ1) is 17.9. The Morgan fingerprint density at radius 2 is 2.29 bits per heavy atom. The number of benzene rings is 1. The third-order valence-electron chi connectivity index (χ3n) is 3.48. The highest BCUT2D eigenvalue weighted by atomic mass is 35.5. The Kier molecular flexibility index (Phi) is 6.29. The number of halogens is 1. The van der Waals surface area contributed by atoms with Gasteiger partial charge in [-0.3, -0.25) is 4.79 Å². The van der Waals surface area contributed by atoms with Gasteiger partial charge in [0.05, 0.1) is 17.5 Å². The normalized spacial score (nSPS) is 17.1. The van der Waals surface area contributed by atoms with Gasteiger partial charge in [-0.05, 0) is 49.3 Å². The van der Waals surface area contributed by atoms with Crippen molar-refractivity contribution in [2.24, 2.45) is 0 Å². The molecule has 0 radical (unpaired) electrons. The van der Waals surface area contributed by atoms with E-state index in [4.69, 9.17) is 28.6 Å². The van der Waals surface area contributed by atoms with Gasteiger partial charge in [-0.15, -0.1) is 5.10 Å². The number of thioether (sulfide) groups is 1. The molecule has 0 aliphatic carbocycles. The predicted molar refractivity (Wildman–Crippen MR) is 100.0 cm³/mol. The standard InChI is InChI=1S/C15H16ClN3O2S3/c16-10-3-5-11(6-4-10)19-15(22)24-14(18-19)23-9-13(20)17-8-12-2-1-7-21-12/h3-6,12H,1-2,7-9H2,(H,17,20)/t12-/m1/s1. The third-order valence-corrected chi connectivity index (χ3v) is 6.10. The Balaban J connectivity index is 1.54. The molecule has 3 rings (SSSR count). The molecule has 1 aromatic carbocycles. The molecule has 1 N–H and O–H groups in total. The summed E-state index contributed by atoms with van der Waals surface area (Å²) in [6, 6.07) is 7.31. The Labute approximate surface area is 158 Å². The number of amides is 1. The van der Waals surface area contributed by atoms with Crippen molar-refractivity contribution in [1.29, 1.82) is 0 Å². The van der Waals surface area contributed by atoms with E-state index < -0.39 is 0 Å². The maximum atomic E-state index is 11.9. The summed E-state index contributed by atoms with van der Waals surface area (Å²) in [4.78, 5) is 11.9. The summed E-state index contributed by atoms with van der Waals surface area (Å²) in [7, 11) is 0. The van der Waals surface area contributed by atoms with Gasteiger partial charge in [-0.25, -0.2) is 4.68 Å². The average molecular weight is 402 g/mol. The van der Waals surface area contributed by atoms with Crippen LogP contribution < -0.4 is 5.32 Å². The molecular formula is C15H16ClN3O2S3. The summed E-state index contributed by atoms with van der Waals surface area (Å²) >= 11 is 14.0. The number of nitrogens with one attached hydrogen (secondary N) is 1. The molecule has 1 aliphatic rings. The van der Waals surface area contributed by atoms with E-state index in [9.17, 15) is 4.79 Å². The van der Waals surface area contributed by atoms with Gasteiger partial charge in [0.25, 0.3) is 0 Å². The predicted octanol–water partition coefficient (Wildman–Crippen LogP) is 3.70. The highest BCUT2D eigenvalue weighted by molar-refractivity contribution is 8.01. The second-order valence-electron chi connectivity index (χ2n) is 5.25. The number of hydrogen-bond acceptors (Lipinski definition) is 6. The topological polar surface area (TPSA) is 56.2 Å². The van der Waals surface area contributed by atoms with Gasteiger partial charge in [0, 0.05) is 18.2 Å². The van der Waals surface area contributed by atoms with E-state index in [1.807, 2.05) is 12.1 Å². The van der Waals surface area contributed by atoms with Crippen LogP contribution in [0.5, 0.6) is 0 Å². The zero-order valence-corrected chi connectivity index (χ0v) is 15.9. The number of carbonyl (C=O) groups is 1. The summed E-state index contributed by atoms with van der Waals surface area (Å²) in [5, 5.41) is 8.03. The fourth-order valence-electron chi connectivity index (χ4n) is 2.28. The lowest BCUT2D eigenvalue weighted by Gasteiger charge is -2.09. The van der Waals surface area contributed by atoms with Crippen molar-refractivity contribution < 1.29 is 9.53 Å². The first-order chi connectivity index (χ1) is 11.6. The number of nitrogens with zero attached hydrogens (tertiary/aromatic N) is 2. The van der Waals surface area contributed by atoms with Crippen LogP contribution in [0.4, 0.5) is 0 Å². The lowest BCUT2D eigenvalue weighted by molar-refractivity contribution is -0.119. The fourth-order valence-corrected chi connectivity index (χ4v) is 4.59. The van der Waals surface area contributed by atoms with Gasteiger partial charge in [0.2, 0.25) is 5.91 Å². The maximum absolute atomic E-state index is 11.9. The van der Waals surface area contributed by atoms with E-state index >= 15 is 0 Å². The summed E-state index contributed by atoms with van der Waals surface area (Å²) in [5.74, 6) is 0.296. The Morgan fingerprint density at radius 3 is 3.00 bits per heavy atom. The molecule has 2 heterocycles. The molecule has 0 saturated carbocycles. The van der Waals surface area contributed by atoms with Crippen LogP contribution in [0.2, 0.25) is 5.02 Å². The molecule has 1 atom stereocenters. The summed E-state index contributed by atoms with van der Waals surface area (Å²) in [6.45, 7) is 1.37. The zero-order valence-electron chi connectivity index (χ0n) is 12.7. The van der Waals surface area contributed by atoms with E-state index in [-0.39, 0.29) is 12.0 Å². The van der Waals surface area contributed by atoms with Crippen molar-refractivity contribution in [1.82, 2.24) is 15.1 Å². The van der Waals surface area contributed by atoms with Gasteiger partial charge in [-0.2, -0.15) is 0 Å².